The summed E-state index contributed by atoms with van der Waals surface area (Å²) in [5, 5.41) is 7.20. The van der Waals surface area contributed by atoms with E-state index < -0.39 is 23.1 Å². The highest BCUT2D eigenvalue weighted by atomic mass is 19.1. The van der Waals surface area contributed by atoms with Gasteiger partial charge in [-0.05, 0) is 55.8 Å². The maximum atomic E-state index is 14.6. The Balaban J connectivity index is 1.43. The molecule has 0 radical (unpaired) electrons. The van der Waals surface area contributed by atoms with Crippen LogP contribution in [0.2, 0.25) is 0 Å². The number of likely N-dealkylation sites (N-methyl/N-ethyl adjacent to an activating group) is 1. The van der Waals surface area contributed by atoms with Crippen molar-refractivity contribution < 1.29 is 23.1 Å². The molecule has 1 saturated carbocycles. The van der Waals surface area contributed by atoms with Gasteiger partial charge in [0.2, 0.25) is 5.91 Å². The Morgan fingerprint density at radius 3 is 2.56 bits per heavy atom. The molecule has 8 nitrogen and oxygen atoms in total. The fraction of sp³-hybridized carbons (Fsp3) is 0.346. The summed E-state index contributed by atoms with van der Waals surface area (Å²) in [6, 6.07) is 8.55. The SMILES string of the molecule is CN1CCN(C(=O)Oc2cc(-c3ccnn3-c3ccc(F)cc3F)cc3c2NC(=O)C32CCC2)CC1. The van der Waals surface area contributed by atoms with Crippen LogP contribution in [0.15, 0.2) is 42.6 Å². The summed E-state index contributed by atoms with van der Waals surface area (Å²) in [5.41, 5.74) is 1.83. The number of benzene rings is 2. The number of fused-ring (bicyclic) bond motifs is 2. The first-order valence-electron chi connectivity index (χ1n) is 12.0. The smallest absolute Gasteiger partial charge is 0.408 e. The number of hydrogen-bond acceptors (Lipinski definition) is 5. The van der Waals surface area contributed by atoms with Crippen LogP contribution >= 0.6 is 0 Å². The van der Waals surface area contributed by atoms with Gasteiger partial charge in [0.25, 0.3) is 0 Å². The van der Waals surface area contributed by atoms with E-state index in [-0.39, 0.29) is 17.3 Å². The van der Waals surface area contributed by atoms with Crippen molar-refractivity contribution >= 4 is 17.7 Å². The number of ether oxygens (including phenoxy) is 1. The summed E-state index contributed by atoms with van der Waals surface area (Å²) in [5.74, 6) is -1.29. The van der Waals surface area contributed by atoms with E-state index in [1.54, 1.807) is 17.0 Å². The number of anilines is 1. The van der Waals surface area contributed by atoms with Gasteiger partial charge in [0.05, 0.1) is 23.0 Å². The Bertz CT molecular complexity index is 1380. The lowest BCUT2D eigenvalue weighted by molar-refractivity contribution is -0.123. The van der Waals surface area contributed by atoms with Crippen molar-refractivity contribution in [3.63, 3.8) is 0 Å². The molecular weight excluding hydrogens is 468 g/mol. The number of nitrogens with one attached hydrogen (secondary N) is 1. The third kappa shape index (κ3) is 3.55. The lowest BCUT2D eigenvalue weighted by Gasteiger charge is -2.36. The van der Waals surface area contributed by atoms with Crippen LogP contribution in [0, 0.1) is 11.6 Å². The van der Waals surface area contributed by atoms with Gasteiger partial charge in [-0.2, -0.15) is 5.10 Å². The molecular formula is C26H25F2N5O3. The van der Waals surface area contributed by atoms with Crippen molar-refractivity contribution in [2.75, 3.05) is 38.5 Å². The predicted molar refractivity (Wildman–Crippen MR) is 128 cm³/mol. The van der Waals surface area contributed by atoms with Gasteiger partial charge in [0.15, 0.2) is 11.6 Å². The second-order valence-corrected chi connectivity index (χ2v) is 9.67. The minimum atomic E-state index is -0.755. The van der Waals surface area contributed by atoms with Crippen LogP contribution in [-0.4, -0.2) is 64.8 Å². The first-order valence-corrected chi connectivity index (χ1v) is 12.0. The molecule has 1 spiro atoms. The van der Waals surface area contributed by atoms with Crippen LogP contribution in [0.3, 0.4) is 0 Å². The Morgan fingerprint density at radius 2 is 1.86 bits per heavy atom. The van der Waals surface area contributed by atoms with Crippen LogP contribution in [0.5, 0.6) is 5.75 Å². The van der Waals surface area contributed by atoms with Crippen LogP contribution in [0.25, 0.3) is 16.9 Å². The van der Waals surface area contributed by atoms with E-state index in [9.17, 15) is 18.4 Å². The zero-order chi connectivity index (χ0) is 25.0. The quantitative estimate of drug-likeness (QED) is 0.598. The summed E-state index contributed by atoms with van der Waals surface area (Å²) in [6.45, 7) is 2.58. The largest absolute Gasteiger partial charge is 0.415 e. The first kappa shape index (κ1) is 22.7. The molecule has 1 saturated heterocycles. The average Bonchev–Trinajstić information content (AvgIpc) is 3.41. The predicted octanol–water partition coefficient (Wildman–Crippen LogP) is 3.94. The Morgan fingerprint density at radius 1 is 1.08 bits per heavy atom. The maximum absolute atomic E-state index is 14.6. The Kier molecular flexibility index (Phi) is 5.29. The van der Waals surface area contributed by atoms with Gasteiger partial charge in [-0.25, -0.2) is 18.3 Å². The maximum Gasteiger partial charge on any atom is 0.415 e. The molecule has 3 aliphatic rings. The molecule has 186 valence electrons. The number of amides is 2. The Hall–Kier alpha value is -3.79. The van der Waals surface area contributed by atoms with E-state index in [4.69, 9.17) is 4.74 Å². The van der Waals surface area contributed by atoms with Crippen molar-refractivity contribution in [3.8, 4) is 22.7 Å². The van der Waals surface area contributed by atoms with Crippen molar-refractivity contribution in [1.29, 1.82) is 0 Å². The molecule has 1 N–H and O–H groups in total. The summed E-state index contributed by atoms with van der Waals surface area (Å²) in [4.78, 5) is 29.8. The lowest BCUT2D eigenvalue weighted by atomic mass is 9.65. The molecule has 36 heavy (non-hydrogen) atoms. The van der Waals surface area contributed by atoms with Gasteiger partial charge in [-0.15, -0.1) is 0 Å². The van der Waals surface area contributed by atoms with Gasteiger partial charge >= 0.3 is 6.09 Å². The molecule has 2 aliphatic heterocycles. The van der Waals surface area contributed by atoms with Gasteiger partial charge in [-0.3, -0.25) is 4.79 Å². The zero-order valence-electron chi connectivity index (χ0n) is 19.8. The third-order valence-corrected chi connectivity index (χ3v) is 7.53. The number of nitrogens with zero attached hydrogens (tertiary/aromatic N) is 4. The number of carbonyl (C=O) groups excluding carboxylic acids is 2. The average molecular weight is 494 g/mol. The molecule has 0 atom stereocenters. The number of hydrogen-bond donors (Lipinski definition) is 1. The molecule has 0 unspecified atom stereocenters. The molecule has 2 aromatic carbocycles. The van der Waals surface area contributed by atoms with Gasteiger partial charge in [-0.1, -0.05) is 6.42 Å². The standard InChI is InChI=1S/C26H25F2N5O3/c1-31-9-11-32(12-10-31)25(35)36-22-14-16(13-18-23(22)30-24(34)26(18)6-2-7-26)20-5-8-29-33(20)21-4-3-17(27)15-19(21)28/h3-5,8,13-15H,2,6-7,9-12H2,1H3,(H,30,34). The molecule has 3 aromatic rings. The fourth-order valence-corrected chi connectivity index (χ4v) is 5.25. The van der Waals surface area contributed by atoms with Gasteiger partial charge < -0.3 is 19.9 Å². The topological polar surface area (TPSA) is 79.7 Å². The van der Waals surface area contributed by atoms with E-state index in [0.717, 1.165) is 31.1 Å². The van der Waals surface area contributed by atoms with Crippen LogP contribution in [0.1, 0.15) is 24.8 Å². The highest BCUT2D eigenvalue weighted by molar-refractivity contribution is 6.09. The monoisotopic (exact) mass is 493 g/mol. The van der Waals surface area contributed by atoms with Crippen molar-refractivity contribution in [1.82, 2.24) is 19.6 Å². The molecule has 2 fully saturated rings. The van der Waals surface area contributed by atoms with E-state index in [1.807, 2.05) is 13.1 Å². The Labute approximate surface area is 206 Å². The van der Waals surface area contributed by atoms with Crippen molar-refractivity contribution in [3.05, 3.63) is 59.8 Å². The molecule has 1 aliphatic carbocycles. The molecule has 6 rings (SSSR count). The highest BCUT2D eigenvalue weighted by Gasteiger charge is 2.52. The number of aromatic nitrogens is 2. The minimum absolute atomic E-state index is 0.0837. The number of carbonyl (C=O) groups is 2. The second kappa shape index (κ2) is 8.41. The normalized spacial score (nSPS) is 18.6. The molecule has 10 heteroatoms. The molecule has 3 heterocycles. The van der Waals surface area contributed by atoms with Crippen LogP contribution < -0.4 is 10.1 Å². The summed E-state index contributed by atoms with van der Waals surface area (Å²) < 4.78 is 35.4. The van der Waals surface area contributed by atoms with E-state index >= 15 is 0 Å². The number of halogens is 2. The highest BCUT2D eigenvalue weighted by Crippen LogP contribution is 2.54. The van der Waals surface area contributed by atoms with Gasteiger partial charge in [0.1, 0.15) is 11.5 Å². The van der Waals surface area contributed by atoms with Crippen LogP contribution in [-0.2, 0) is 10.2 Å². The lowest BCUT2D eigenvalue weighted by Crippen LogP contribution is -2.48. The van der Waals surface area contributed by atoms with E-state index in [0.29, 0.717) is 42.9 Å². The van der Waals surface area contributed by atoms with Gasteiger partial charge in [0, 0.05) is 37.8 Å². The fourth-order valence-electron chi connectivity index (χ4n) is 5.25. The van der Waals surface area contributed by atoms with E-state index in [1.165, 1.54) is 23.0 Å². The van der Waals surface area contributed by atoms with Crippen LogP contribution in [0.4, 0.5) is 19.3 Å². The van der Waals surface area contributed by atoms with Crippen molar-refractivity contribution in [2.24, 2.45) is 0 Å². The number of piperazine rings is 1. The summed E-state index contributed by atoms with van der Waals surface area (Å²) >= 11 is 0. The zero-order valence-corrected chi connectivity index (χ0v) is 19.8. The first-order chi connectivity index (χ1) is 17.4. The summed E-state index contributed by atoms with van der Waals surface area (Å²) in [6.07, 6.45) is 3.36. The minimum Gasteiger partial charge on any atom is -0.408 e. The number of rotatable bonds is 3. The second-order valence-electron chi connectivity index (χ2n) is 9.67. The van der Waals surface area contributed by atoms with Crippen molar-refractivity contribution in [2.45, 2.75) is 24.7 Å². The summed E-state index contributed by atoms with van der Waals surface area (Å²) in [7, 11) is 2.00. The molecule has 2 amide bonds. The molecule has 0 bridgehead atoms. The van der Waals surface area contributed by atoms with E-state index in [2.05, 4.69) is 15.3 Å². The third-order valence-electron chi connectivity index (χ3n) is 7.53. The molecule has 1 aromatic heterocycles.